The summed E-state index contributed by atoms with van der Waals surface area (Å²) in [5.74, 6) is 0. The first-order valence-electron chi connectivity index (χ1n) is 7.63. The smallest absolute Gasteiger partial charge is 0.0594 e. The number of hydrogen-bond donors (Lipinski definition) is 1. The fraction of sp³-hybridized carbons (Fsp3) is 0.625. The predicted molar refractivity (Wildman–Crippen MR) is 81.8 cm³/mol. The summed E-state index contributed by atoms with van der Waals surface area (Å²) in [5, 5.41) is 0. The second-order valence-electron chi connectivity index (χ2n) is 5.97. The first-order chi connectivity index (χ1) is 9.72. The first-order valence-corrected chi connectivity index (χ1v) is 7.63. The van der Waals surface area contributed by atoms with E-state index in [4.69, 9.17) is 10.5 Å². The molecule has 0 aromatic heterocycles. The van der Waals surface area contributed by atoms with Crippen LogP contribution in [0.1, 0.15) is 16.7 Å². The van der Waals surface area contributed by atoms with Crippen molar-refractivity contribution >= 4 is 5.69 Å². The molecule has 0 radical (unpaired) electrons. The number of morpholine rings is 1. The molecule has 3 rings (SSSR count). The van der Waals surface area contributed by atoms with Gasteiger partial charge in [0.25, 0.3) is 0 Å². The summed E-state index contributed by atoms with van der Waals surface area (Å²) in [6.45, 7) is 10.5. The molecule has 110 valence electrons. The molecule has 2 aliphatic rings. The minimum Gasteiger partial charge on any atom is -0.398 e. The summed E-state index contributed by atoms with van der Waals surface area (Å²) in [7, 11) is 0. The summed E-state index contributed by atoms with van der Waals surface area (Å²) < 4.78 is 5.40. The molecule has 0 unspecified atom stereocenters. The van der Waals surface area contributed by atoms with Gasteiger partial charge >= 0.3 is 0 Å². The Kier molecular flexibility index (Phi) is 4.24. The van der Waals surface area contributed by atoms with Crippen LogP contribution in [0.4, 0.5) is 5.69 Å². The van der Waals surface area contributed by atoms with Gasteiger partial charge in [-0.15, -0.1) is 0 Å². The molecule has 2 heterocycles. The van der Waals surface area contributed by atoms with E-state index in [1.165, 1.54) is 16.7 Å². The Morgan fingerprint density at radius 3 is 2.65 bits per heavy atom. The molecule has 20 heavy (non-hydrogen) atoms. The van der Waals surface area contributed by atoms with E-state index < -0.39 is 0 Å². The number of nitrogens with zero attached hydrogens (tertiary/aromatic N) is 2. The van der Waals surface area contributed by atoms with Gasteiger partial charge in [0.1, 0.15) is 0 Å². The van der Waals surface area contributed by atoms with Gasteiger partial charge in [0.2, 0.25) is 0 Å². The molecule has 1 saturated heterocycles. The number of benzene rings is 1. The van der Waals surface area contributed by atoms with Crippen LogP contribution in [-0.4, -0.2) is 55.7 Å². The third-order valence-corrected chi connectivity index (χ3v) is 4.43. The van der Waals surface area contributed by atoms with Crippen molar-refractivity contribution in [1.29, 1.82) is 0 Å². The Balaban J connectivity index is 1.58. The molecule has 2 aliphatic heterocycles. The minimum absolute atomic E-state index is 0.887. The topological polar surface area (TPSA) is 41.7 Å². The number of hydrogen-bond acceptors (Lipinski definition) is 4. The van der Waals surface area contributed by atoms with Gasteiger partial charge in [0.05, 0.1) is 13.2 Å². The summed E-state index contributed by atoms with van der Waals surface area (Å²) in [6, 6.07) is 4.40. The molecular formula is C16H25N3O. The molecule has 0 aliphatic carbocycles. The molecule has 0 spiro atoms. The zero-order valence-electron chi connectivity index (χ0n) is 12.4. The third kappa shape index (κ3) is 3.14. The highest BCUT2D eigenvalue weighted by atomic mass is 16.5. The van der Waals surface area contributed by atoms with Gasteiger partial charge in [-0.1, -0.05) is 6.07 Å². The van der Waals surface area contributed by atoms with Crippen LogP contribution in [-0.2, 0) is 17.7 Å². The number of anilines is 1. The van der Waals surface area contributed by atoms with E-state index in [0.29, 0.717) is 0 Å². The van der Waals surface area contributed by atoms with Gasteiger partial charge < -0.3 is 10.5 Å². The molecular weight excluding hydrogens is 250 g/mol. The van der Waals surface area contributed by atoms with E-state index >= 15 is 0 Å². The van der Waals surface area contributed by atoms with Gasteiger partial charge in [0, 0.05) is 45.0 Å². The second kappa shape index (κ2) is 6.12. The lowest BCUT2D eigenvalue weighted by molar-refractivity contribution is 0.0327. The maximum absolute atomic E-state index is 6.14. The lowest BCUT2D eigenvalue weighted by Crippen LogP contribution is -2.42. The maximum atomic E-state index is 6.14. The van der Waals surface area contributed by atoms with Crippen molar-refractivity contribution in [2.45, 2.75) is 19.9 Å². The van der Waals surface area contributed by atoms with Crippen LogP contribution in [0.15, 0.2) is 12.1 Å². The summed E-state index contributed by atoms with van der Waals surface area (Å²) in [6.07, 6.45) is 1.09. The predicted octanol–water partition coefficient (Wildman–Crippen LogP) is 1.27. The maximum Gasteiger partial charge on any atom is 0.0594 e. The van der Waals surface area contributed by atoms with Crippen molar-refractivity contribution in [2.75, 3.05) is 51.7 Å². The highest BCUT2D eigenvalue weighted by Crippen LogP contribution is 2.25. The van der Waals surface area contributed by atoms with Crippen molar-refractivity contribution in [3.63, 3.8) is 0 Å². The van der Waals surface area contributed by atoms with Crippen molar-refractivity contribution in [3.8, 4) is 0 Å². The van der Waals surface area contributed by atoms with Crippen molar-refractivity contribution in [3.05, 3.63) is 28.8 Å². The van der Waals surface area contributed by atoms with E-state index in [1.807, 2.05) is 0 Å². The summed E-state index contributed by atoms with van der Waals surface area (Å²) in [5.41, 5.74) is 11.2. The number of aryl methyl sites for hydroxylation is 1. The molecule has 0 amide bonds. The zero-order valence-corrected chi connectivity index (χ0v) is 12.4. The quantitative estimate of drug-likeness (QED) is 0.844. The SMILES string of the molecule is Cc1cc(N)c2c(c1)CN(CCN1CCOCC1)CC2. The summed E-state index contributed by atoms with van der Waals surface area (Å²) >= 11 is 0. The Morgan fingerprint density at radius 2 is 1.85 bits per heavy atom. The van der Waals surface area contributed by atoms with Crippen LogP contribution in [0, 0.1) is 6.92 Å². The standard InChI is InChI=1S/C16H25N3O/c1-13-10-14-12-19(3-2-15(14)16(17)11-13)5-4-18-6-8-20-9-7-18/h10-11H,2-9,12,17H2,1H3. The van der Waals surface area contributed by atoms with Crippen LogP contribution in [0.5, 0.6) is 0 Å². The molecule has 1 aromatic rings. The van der Waals surface area contributed by atoms with Crippen LogP contribution in [0.25, 0.3) is 0 Å². The molecule has 2 N–H and O–H groups in total. The number of rotatable bonds is 3. The third-order valence-electron chi connectivity index (χ3n) is 4.43. The van der Waals surface area contributed by atoms with Gasteiger partial charge in [-0.2, -0.15) is 0 Å². The number of ether oxygens (including phenoxy) is 1. The van der Waals surface area contributed by atoms with Crippen LogP contribution < -0.4 is 5.73 Å². The fourth-order valence-corrected chi connectivity index (χ4v) is 3.26. The lowest BCUT2D eigenvalue weighted by atomic mass is 9.96. The van der Waals surface area contributed by atoms with Gasteiger partial charge in [-0.3, -0.25) is 9.80 Å². The monoisotopic (exact) mass is 275 g/mol. The van der Waals surface area contributed by atoms with Gasteiger partial charge in [0.15, 0.2) is 0 Å². The molecule has 0 atom stereocenters. The minimum atomic E-state index is 0.887. The molecule has 0 saturated carbocycles. The molecule has 0 bridgehead atoms. The Bertz CT molecular complexity index is 469. The fourth-order valence-electron chi connectivity index (χ4n) is 3.26. The van der Waals surface area contributed by atoms with Crippen LogP contribution in [0.2, 0.25) is 0 Å². The van der Waals surface area contributed by atoms with E-state index in [-0.39, 0.29) is 0 Å². The molecule has 1 aromatic carbocycles. The van der Waals surface area contributed by atoms with Crippen molar-refractivity contribution < 1.29 is 4.74 Å². The highest BCUT2D eigenvalue weighted by Gasteiger charge is 2.19. The Hall–Kier alpha value is -1.10. The lowest BCUT2D eigenvalue weighted by Gasteiger charge is -2.33. The molecule has 1 fully saturated rings. The number of fused-ring (bicyclic) bond motifs is 1. The molecule has 4 heteroatoms. The van der Waals surface area contributed by atoms with Crippen LogP contribution in [0.3, 0.4) is 0 Å². The zero-order chi connectivity index (χ0) is 13.9. The van der Waals surface area contributed by atoms with E-state index in [9.17, 15) is 0 Å². The highest BCUT2D eigenvalue weighted by molar-refractivity contribution is 5.54. The normalized spacial score (nSPS) is 20.9. The average molecular weight is 275 g/mol. The number of nitrogens with two attached hydrogens (primary N) is 1. The van der Waals surface area contributed by atoms with Crippen molar-refractivity contribution in [2.24, 2.45) is 0 Å². The largest absolute Gasteiger partial charge is 0.398 e. The van der Waals surface area contributed by atoms with Gasteiger partial charge in [-0.25, -0.2) is 0 Å². The Labute approximate surface area is 121 Å². The van der Waals surface area contributed by atoms with E-state index in [1.54, 1.807) is 0 Å². The van der Waals surface area contributed by atoms with Gasteiger partial charge in [-0.05, 0) is 36.1 Å². The molecule has 4 nitrogen and oxygen atoms in total. The average Bonchev–Trinajstić information content (AvgIpc) is 2.45. The van der Waals surface area contributed by atoms with E-state index in [0.717, 1.165) is 64.6 Å². The first kappa shape index (κ1) is 13.9. The van der Waals surface area contributed by atoms with Crippen molar-refractivity contribution in [1.82, 2.24) is 9.80 Å². The van der Waals surface area contributed by atoms with E-state index in [2.05, 4.69) is 28.9 Å². The second-order valence-corrected chi connectivity index (χ2v) is 5.97. The number of nitrogen functional groups attached to an aromatic ring is 1. The Morgan fingerprint density at radius 1 is 1.10 bits per heavy atom. The van der Waals surface area contributed by atoms with Crippen LogP contribution >= 0.6 is 0 Å². The summed E-state index contributed by atoms with van der Waals surface area (Å²) in [4.78, 5) is 5.06.